The number of carbonyl (C=O) groups is 2. The molecule has 1 aromatic heterocycles. The van der Waals surface area contributed by atoms with Crippen LogP contribution in [-0.4, -0.2) is 29.1 Å². The number of ether oxygens (including phenoxy) is 1. The minimum Gasteiger partial charge on any atom is -0.465 e. The van der Waals surface area contributed by atoms with E-state index >= 15 is 0 Å². The molecule has 0 atom stereocenters. The fourth-order valence-electron chi connectivity index (χ4n) is 1.69. The molecule has 5 nitrogen and oxygen atoms in total. The lowest BCUT2D eigenvalue weighted by Crippen LogP contribution is -2.05. The number of benzene rings is 1. The molecule has 1 heterocycles. The Labute approximate surface area is 91.6 Å². The van der Waals surface area contributed by atoms with Crippen LogP contribution in [0.5, 0.6) is 0 Å². The molecule has 2 aromatic rings. The summed E-state index contributed by atoms with van der Waals surface area (Å²) in [6, 6.07) is 3.16. The number of hydrogen-bond acceptors (Lipinski definition) is 4. The van der Waals surface area contributed by atoms with Crippen molar-refractivity contribution in [2.45, 2.75) is 0 Å². The van der Waals surface area contributed by atoms with E-state index in [0.29, 0.717) is 22.0 Å². The number of aromatic nitrogens is 2. The number of aryl methyl sites for hydroxylation is 1. The fourth-order valence-corrected chi connectivity index (χ4v) is 1.69. The standard InChI is InChI=1S/C11H10N2O3/c1-13-10-8(11(15)16-2)4-3-7(6-14)9(10)5-12-13/h3-6H,1-2H3. The second kappa shape index (κ2) is 3.77. The van der Waals surface area contributed by atoms with Gasteiger partial charge in [-0.2, -0.15) is 5.10 Å². The van der Waals surface area contributed by atoms with Crippen LogP contribution in [-0.2, 0) is 11.8 Å². The second-order valence-electron chi connectivity index (χ2n) is 3.34. The van der Waals surface area contributed by atoms with Gasteiger partial charge in [-0.05, 0) is 6.07 Å². The van der Waals surface area contributed by atoms with Gasteiger partial charge in [0.15, 0.2) is 6.29 Å². The zero-order chi connectivity index (χ0) is 11.7. The number of rotatable bonds is 2. The maximum Gasteiger partial charge on any atom is 0.340 e. The Kier molecular flexibility index (Phi) is 2.44. The third-order valence-electron chi connectivity index (χ3n) is 2.47. The minimum atomic E-state index is -0.439. The predicted octanol–water partition coefficient (Wildman–Crippen LogP) is 1.17. The van der Waals surface area contributed by atoms with Crippen molar-refractivity contribution < 1.29 is 14.3 Å². The SMILES string of the molecule is COC(=O)c1ccc(C=O)c2cnn(C)c12. The van der Waals surface area contributed by atoms with Crippen molar-refractivity contribution in [3.63, 3.8) is 0 Å². The van der Waals surface area contributed by atoms with Crippen LogP contribution in [0.4, 0.5) is 0 Å². The van der Waals surface area contributed by atoms with Gasteiger partial charge in [0, 0.05) is 18.0 Å². The van der Waals surface area contributed by atoms with Gasteiger partial charge in [0.2, 0.25) is 0 Å². The molecule has 0 aliphatic heterocycles. The highest BCUT2D eigenvalue weighted by Crippen LogP contribution is 2.21. The topological polar surface area (TPSA) is 61.2 Å². The summed E-state index contributed by atoms with van der Waals surface area (Å²) in [6.07, 6.45) is 2.30. The molecule has 0 unspecified atom stereocenters. The number of methoxy groups -OCH3 is 1. The smallest absolute Gasteiger partial charge is 0.340 e. The Balaban J connectivity index is 2.82. The van der Waals surface area contributed by atoms with Crippen LogP contribution >= 0.6 is 0 Å². The van der Waals surface area contributed by atoms with E-state index in [4.69, 9.17) is 0 Å². The molecule has 0 N–H and O–H groups in total. The molecule has 0 bridgehead atoms. The summed E-state index contributed by atoms with van der Waals surface area (Å²) in [7, 11) is 3.03. The molecule has 0 radical (unpaired) electrons. The second-order valence-corrected chi connectivity index (χ2v) is 3.34. The highest BCUT2D eigenvalue weighted by Gasteiger charge is 2.15. The maximum atomic E-state index is 11.5. The average Bonchev–Trinajstić information content (AvgIpc) is 2.70. The molecule has 0 aliphatic carbocycles. The number of fused-ring (bicyclic) bond motifs is 1. The van der Waals surface area contributed by atoms with E-state index in [1.807, 2.05) is 0 Å². The molecule has 0 aliphatic rings. The van der Waals surface area contributed by atoms with Crippen molar-refractivity contribution in [3.05, 3.63) is 29.5 Å². The van der Waals surface area contributed by atoms with Crippen molar-refractivity contribution in [3.8, 4) is 0 Å². The van der Waals surface area contributed by atoms with E-state index in [1.54, 1.807) is 30.1 Å². The molecular weight excluding hydrogens is 208 g/mol. The first kappa shape index (κ1) is 10.4. The highest BCUT2D eigenvalue weighted by atomic mass is 16.5. The van der Waals surface area contributed by atoms with Crippen molar-refractivity contribution in [2.24, 2.45) is 7.05 Å². The molecule has 82 valence electrons. The average molecular weight is 218 g/mol. The summed E-state index contributed by atoms with van der Waals surface area (Å²) in [4.78, 5) is 22.4. The van der Waals surface area contributed by atoms with Gasteiger partial charge < -0.3 is 4.74 Å². The Bertz CT molecular complexity index is 572. The Morgan fingerprint density at radius 1 is 1.50 bits per heavy atom. The minimum absolute atomic E-state index is 0.406. The van der Waals surface area contributed by atoms with Gasteiger partial charge in [-0.1, -0.05) is 6.07 Å². The van der Waals surface area contributed by atoms with Crippen LogP contribution in [0.15, 0.2) is 18.3 Å². The quantitative estimate of drug-likeness (QED) is 0.560. The molecule has 0 spiro atoms. The Hall–Kier alpha value is -2.17. The van der Waals surface area contributed by atoms with Gasteiger partial charge >= 0.3 is 5.97 Å². The lowest BCUT2D eigenvalue weighted by atomic mass is 10.1. The van der Waals surface area contributed by atoms with Gasteiger partial charge in [0.1, 0.15) is 0 Å². The Morgan fingerprint density at radius 2 is 2.25 bits per heavy atom. The molecule has 0 saturated heterocycles. The highest BCUT2D eigenvalue weighted by molar-refractivity contribution is 6.07. The van der Waals surface area contributed by atoms with Gasteiger partial charge in [-0.15, -0.1) is 0 Å². The summed E-state index contributed by atoms with van der Waals surface area (Å²) in [6.45, 7) is 0. The molecule has 0 fully saturated rings. The number of aldehydes is 1. The predicted molar refractivity (Wildman–Crippen MR) is 57.4 cm³/mol. The fraction of sp³-hybridized carbons (Fsp3) is 0.182. The zero-order valence-corrected chi connectivity index (χ0v) is 8.93. The summed E-state index contributed by atoms with van der Waals surface area (Å²) in [5.74, 6) is -0.439. The molecule has 2 rings (SSSR count). The lowest BCUT2D eigenvalue weighted by Gasteiger charge is -2.04. The zero-order valence-electron chi connectivity index (χ0n) is 8.93. The van der Waals surface area contributed by atoms with Crippen LogP contribution in [0, 0.1) is 0 Å². The van der Waals surface area contributed by atoms with Crippen molar-refractivity contribution >= 4 is 23.2 Å². The third-order valence-corrected chi connectivity index (χ3v) is 2.47. The number of esters is 1. The Morgan fingerprint density at radius 3 is 2.88 bits per heavy atom. The van der Waals surface area contributed by atoms with Crippen LogP contribution in [0.25, 0.3) is 10.9 Å². The molecule has 1 aromatic carbocycles. The van der Waals surface area contributed by atoms with E-state index in [2.05, 4.69) is 9.84 Å². The first-order chi connectivity index (χ1) is 7.69. The van der Waals surface area contributed by atoms with Gasteiger partial charge in [0.25, 0.3) is 0 Å². The van der Waals surface area contributed by atoms with E-state index in [9.17, 15) is 9.59 Å². The van der Waals surface area contributed by atoms with Crippen molar-refractivity contribution in [1.29, 1.82) is 0 Å². The van der Waals surface area contributed by atoms with Crippen LogP contribution in [0.3, 0.4) is 0 Å². The van der Waals surface area contributed by atoms with Gasteiger partial charge in [-0.25, -0.2) is 4.79 Å². The summed E-state index contributed by atoms with van der Waals surface area (Å²) in [5, 5.41) is 4.68. The summed E-state index contributed by atoms with van der Waals surface area (Å²) in [5.41, 5.74) is 1.52. The number of hydrogen-bond donors (Lipinski definition) is 0. The van der Waals surface area contributed by atoms with Crippen LogP contribution in [0.1, 0.15) is 20.7 Å². The summed E-state index contributed by atoms with van der Waals surface area (Å²) >= 11 is 0. The van der Waals surface area contributed by atoms with Crippen LogP contribution < -0.4 is 0 Å². The maximum absolute atomic E-state index is 11.5. The molecule has 0 saturated carbocycles. The van der Waals surface area contributed by atoms with E-state index in [-0.39, 0.29) is 0 Å². The monoisotopic (exact) mass is 218 g/mol. The normalized spacial score (nSPS) is 10.4. The van der Waals surface area contributed by atoms with E-state index in [1.165, 1.54) is 7.11 Å². The van der Waals surface area contributed by atoms with E-state index in [0.717, 1.165) is 6.29 Å². The molecule has 5 heteroatoms. The summed E-state index contributed by atoms with van der Waals surface area (Å²) < 4.78 is 6.22. The first-order valence-corrected chi connectivity index (χ1v) is 4.67. The molecular formula is C11H10N2O3. The first-order valence-electron chi connectivity index (χ1n) is 4.67. The largest absolute Gasteiger partial charge is 0.465 e. The lowest BCUT2D eigenvalue weighted by molar-refractivity contribution is 0.0602. The van der Waals surface area contributed by atoms with Crippen molar-refractivity contribution in [1.82, 2.24) is 9.78 Å². The van der Waals surface area contributed by atoms with Gasteiger partial charge in [-0.3, -0.25) is 9.48 Å². The number of nitrogens with zero attached hydrogens (tertiary/aromatic N) is 2. The molecule has 0 amide bonds. The van der Waals surface area contributed by atoms with E-state index < -0.39 is 5.97 Å². The third kappa shape index (κ3) is 1.37. The van der Waals surface area contributed by atoms with Crippen LogP contribution in [0.2, 0.25) is 0 Å². The molecule has 16 heavy (non-hydrogen) atoms. The van der Waals surface area contributed by atoms with Crippen molar-refractivity contribution in [2.75, 3.05) is 7.11 Å². The van der Waals surface area contributed by atoms with Gasteiger partial charge in [0.05, 0.1) is 24.4 Å². The number of carbonyl (C=O) groups excluding carboxylic acids is 2.